The highest BCUT2D eigenvalue weighted by molar-refractivity contribution is 5.89. The third-order valence-electron chi connectivity index (χ3n) is 3.22. The number of carbonyl (C=O) groups excluding carboxylic acids is 2. The lowest BCUT2D eigenvalue weighted by atomic mass is 9.94. The van der Waals surface area contributed by atoms with Crippen molar-refractivity contribution in [2.75, 3.05) is 13.1 Å². The van der Waals surface area contributed by atoms with Gasteiger partial charge in [0.2, 0.25) is 0 Å². The minimum atomic E-state index is -0.497. The molecule has 1 N–H and O–H groups in total. The van der Waals surface area contributed by atoms with Gasteiger partial charge in [0.15, 0.2) is 5.78 Å². The van der Waals surface area contributed by atoms with Crippen molar-refractivity contribution in [3.63, 3.8) is 0 Å². The monoisotopic (exact) mass is 283 g/mol. The summed E-state index contributed by atoms with van der Waals surface area (Å²) in [6.07, 6.45) is 2.69. The number of amides is 1. The van der Waals surface area contributed by atoms with Gasteiger partial charge in [0.1, 0.15) is 5.60 Å². The predicted molar refractivity (Wildman–Crippen MR) is 76.5 cm³/mol. The van der Waals surface area contributed by atoms with Crippen LogP contribution >= 0.6 is 0 Å². The van der Waals surface area contributed by atoms with E-state index in [0.717, 1.165) is 0 Å². The summed E-state index contributed by atoms with van der Waals surface area (Å²) in [5.41, 5.74) is -0.497. The Hall–Kier alpha value is -1.52. The molecule has 0 atom stereocenters. The number of piperidine rings is 1. The lowest BCUT2D eigenvalue weighted by molar-refractivity contribution is -0.114. The van der Waals surface area contributed by atoms with Gasteiger partial charge in [0, 0.05) is 31.5 Å². The predicted octanol–water partition coefficient (Wildman–Crippen LogP) is 3.05. The number of ether oxygens (including phenoxy) is 1. The number of aliphatic hydroxyl groups excluding tert-OH is 1. The zero-order valence-corrected chi connectivity index (χ0v) is 12.8. The van der Waals surface area contributed by atoms with E-state index >= 15 is 0 Å². The van der Waals surface area contributed by atoms with Crippen LogP contribution in [0.1, 0.15) is 47.0 Å². The van der Waals surface area contributed by atoms with Crippen LogP contribution in [0.4, 0.5) is 4.79 Å². The van der Waals surface area contributed by atoms with Crippen molar-refractivity contribution in [3.8, 4) is 0 Å². The van der Waals surface area contributed by atoms with Crippen molar-refractivity contribution in [1.82, 2.24) is 4.90 Å². The Bertz CT molecular complexity index is 387. The Morgan fingerprint density at radius 1 is 1.30 bits per heavy atom. The van der Waals surface area contributed by atoms with Gasteiger partial charge in [-0.2, -0.15) is 0 Å². The highest BCUT2D eigenvalue weighted by Gasteiger charge is 2.28. The fourth-order valence-electron chi connectivity index (χ4n) is 2.07. The SMILES string of the molecule is CCC(=O)C=C(O)C1CCN(C(=O)OC(C)(C)C)CC1. The zero-order chi connectivity index (χ0) is 15.3. The van der Waals surface area contributed by atoms with E-state index in [-0.39, 0.29) is 23.6 Å². The van der Waals surface area contributed by atoms with Crippen LogP contribution in [-0.4, -0.2) is 40.6 Å². The van der Waals surface area contributed by atoms with Crippen LogP contribution in [0.25, 0.3) is 0 Å². The molecule has 1 aliphatic rings. The lowest BCUT2D eigenvalue weighted by Gasteiger charge is -2.33. The number of aliphatic hydroxyl groups is 1. The van der Waals surface area contributed by atoms with Crippen LogP contribution in [0.3, 0.4) is 0 Å². The van der Waals surface area contributed by atoms with Crippen LogP contribution in [0, 0.1) is 5.92 Å². The fraction of sp³-hybridized carbons (Fsp3) is 0.733. The van der Waals surface area contributed by atoms with Gasteiger partial charge < -0.3 is 14.7 Å². The third-order valence-corrected chi connectivity index (χ3v) is 3.22. The van der Waals surface area contributed by atoms with Crippen molar-refractivity contribution in [2.45, 2.75) is 52.6 Å². The van der Waals surface area contributed by atoms with Gasteiger partial charge in [-0.1, -0.05) is 6.92 Å². The zero-order valence-electron chi connectivity index (χ0n) is 12.8. The largest absolute Gasteiger partial charge is 0.512 e. The van der Waals surface area contributed by atoms with Crippen LogP contribution in [0.2, 0.25) is 0 Å². The highest BCUT2D eigenvalue weighted by Crippen LogP contribution is 2.24. The van der Waals surface area contributed by atoms with E-state index in [2.05, 4.69) is 0 Å². The van der Waals surface area contributed by atoms with Crippen LogP contribution in [0.5, 0.6) is 0 Å². The molecular weight excluding hydrogens is 258 g/mol. The maximum Gasteiger partial charge on any atom is 0.410 e. The minimum absolute atomic E-state index is 0.0378. The van der Waals surface area contributed by atoms with E-state index < -0.39 is 5.60 Å². The van der Waals surface area contributed by atoms with Gasteiger partial charge in [-0.25, -0.2) is 4.79 Å². The van der Waals surface area contributed by atoms with Gasteiger partial charge >= 0.3 is 6.09 Å². The van der Waals surface area contributed by atoms with Crippen molar-refractivity contribution < 1.29 is 19.4 Å². The van der Waals surface area contributed by atoms with E-state index in [9.17, 15) is 14.7 Å². The molecule has 0 radical (unpaired) electrons. The van der Waals surface area contributed by atoms with Gasteiger partial charge in [-0.05, 0) is 33.6 Å². The Kier molecular flexibility index (Phi) is 5.60. The summed E-state index contributed by atoms with van der Waals surface area (Å²) in [4.78, 5) is 24.8. The molecular formula is C15H25NO4. The number of allylic oxidation sites excluding steroid dienone is 2. The summed E-state index contributed by atoms with van der Waals surface area (Å²) in [6, 6.07) is 0. The van der Waals surface area contributed by atoms with E-state index in [1.54, 1.807) is 11.8 Å². The first-order chi connectivity index (χ1) is 9.23. The number of hydrogen-bond donors (Lipinski definition) is 1. The molecule has 1 fully saturated rings. The standard InChI is InChI=1S/C15H25NO4/c1-5-12(17)10-13(18)11-6-8-16(9-7-11)14(19)20-15(2,3)4/h10-11,18H,5-9H2,1-4H3. The average Bonchev–Trinajstić information content (AvgIpc) is 2.36. The molecule has 0 saturated carbocycles. The van der Waals surface area contributed by atoms with Crippen molar-refractivity contribution in [3.05, 3.63) is 11.8 Å². The van der Waals surface area contributed by atoms with Gasteiger partial charge in [-0.3, -0.25) is 4.79 Å². The fourth-order valence-corrected chi connectivity index (χ4v) is 2.07. The molecule has 114 valence electrons. The quantitative estimate of drug-likeness (QED) is 0.638. The molecule has 0 spiro atoms. The number of ketones is 1. The second-order valence-corrected chi connectivity index (χ2v) is 6.13. The van der Waals surface area contributed by atoms with Gasteiger partial charge in [0.05, 0.1) is 5.76 Å². The van der Waals surface area contributed by atoms with E-state index in [1.165, 1.54) is 6.08 Å². The Morgan fingerprint density at radius 3 is 2.30 bits per heavy atom. The van der Waals surface area contributed by atoms with Gasteiger partial charge in [-0.15, -0.1) is 0 Å². The summed E-state index contributed by atoms with van der Waals surface area (Å²) in [5, 5.41) is 9.89. The lowest BCUT2D eigenvalue weighted by Crippen LogP contribution is -2.42. The smallest absolute Gasteiger partial charge is 0.410 e. The van der Waals surface area contributed by atoms with Crippen LogP contribution in [0.15, 0.2) is 11.8 Å². The molecule has 0 bridgehead atoms. The molecule has 0 aromatic carbocycles. The second kappa shape index (κ2) is 6.77. The van der Waals surface area contributed by atoms with Crippen molar-refractivity contribution >= 4 is 11.9 Å². The molecule has 1 aliphatic heterocycles. The van der Waals surface area contributed by atoms with Crippen LogP contribution in [-0.2, 0) is 9.53 Å². The molecule has 1 rings (SSSR count). The second-order valence-electron chi connectivity index (χ2n) is 6.13. The first-order valence-electron chi connectivity index (χ1n) is 7.14. The number of carbonyl (C=O) groups is 2. The molecule has 1 heterocycles. The topological polar surface area (TPSA) is 66.8 Å². The minimum Gasteiger partial charge on any atom is -0.512 e. The molecule has 0 aromatic heterocycles. The molecule has 1 saturated heterocycles. The maximum absolute atomic E-state index is 11.9. The molecule has 20 heavy (non-hydrogen) atoms. The maximum atomic E-state index is 11.9. The Morgan fingerprint density at radius 2 is 1.85 bits per heavy atom. The summed E-state index contributed by atoms with van der Waals surface area (Å²) in [7, 11) is 0. The van der Waals surface area contributed by atoms with Gasteiger partial charge in [0.25, 0.3) is 0 Å². The molecule has 0 aromatic rings. The van der Waals surface area contributed by atoms with Crippen molar-refractivity contribution in [1.29, 1.82) is 0 Å². The number of rotatable bonds is 3. The summed E-state index contributed by atoms with van der Waals surface area (Å²) < 4.78 is 5.31. The first kappa shape index (κ1) is 16.5. The molecule has 0 unspecified atom stereocenters. The Labute approximate surface area is 120 Å². The number of hydrogen-bond acceptors (Lipinski definition) is 4. The summed E-state index contributed by atoms with van der Waals surface area (Å²) >= 11 is 0. The van der Waals surface area contributed by atoms with E-state index in [4.69, 9.17) is 4.74 Å². The number of nitrogens with zero attached hydrogens (tertiary/aromatic N) is 1. The molecule has 0 aliphatic carbocycles. The summed E-state index contributed by atoms with van der Waals surface area (Å²) in [6.45, 7) is 8.35. The third kappa shape index (κ3) is 5.23. The molecule has 5 heteroatoms. The van der Waals surface area contributed by atoms with Crippen molar-refractivity contribution in [2.24, 2.45) is 5.92 Å². The molecule has 5 nitrogen and oxygen atoms in total. The first-order valence-corrected chi connectivity index (χ1v) is 7.14. The average molecular weight is 283 g/mol. The normalized spacial score (nSPS) is 18.0. The summed E-state index contributed by atoms with van der Waals surface area (Å²) in [5.74, 6) is 0.0296. The number of likely N-dealkylation sites (tertiary alicyclic amines) is 1. The van der Waals surface area contributed by atoms with E-state index in [1.807, 2.05) is 20.8 Å². The Balaban J connectivity index is 2.50. The van der Waals surface area contributed by atoms with Crippen LogP contribution < -0.4 is 0 Å². The molecule has 1 amide bonds. The van der Waals surface area contributed by atoms with E-state index in [0.29, 0.717) is 32.4 Å². The highest BCUT2D eigenvalue weighted by atomic mass is 16.6.